The molecule has 0 spiro atoms. The van der Waals surface area contributed by atoms with Crippen molar-refractivity contribution in [3.63, 3.8) is 0 Å². The van der Waals surface area contributed by atoms with Crippen LogP contribution in [0.15, 0.2) is 19.5 Å². The highest BCUT2D eigenvalue weighted by Gasteiger charge is 2.23. The van der Waals surface area contributed by atoms with Gasteiger partial charge in [0.25, 0.3) is 0 Å². The van der Waals surface area contributed by atoms with Crippen molar-refractivity contribution in [3.05, 3.63) is 22.8 Å². The standard InChI is InChI=1S/C12H12N6O2/c1-3-7(11-9(5-1)15-19-17-11)13-14-8-4-2-6-10-12(8)18-20-16-10/h1-6H2/b13-7+,14-8+. The fourth-order valence-electron chi connectivity index (χ4n) is 2.58. The van der Waals surface area contributed by atoms with Gasteiger partial charge in [-0.15, -0.1) is 0 Å². The zero-order valence-electron chi connectivity index (χ0n) is 10.7. The van der Waals surface area contributed by atoms with E-state index in [1.54, 1.807) is 0 Å². The number of aromatic nitrogens is 4. The van der Waals surface area contributed by atoms with E-state index in [-0.39, 0.29) is 0 Å². The molecule has 0 bridgehead atoms. The topological polar surface area (TPSA) is 103 Å². The molecule has 4 rings (SSSR count). The second-order valence-electron chi connectivity index (χ2n) is 4.92. The highest BCUT2D eigenvalue weighted by molar-refractivity contribution is 6.03. The Kier molecular flexibility index (Phi) is 2.65. The lowest BCUT2D eigenvalue weighted by Gasteiger charge is -2.10. The number of rotatable bonds is 1. The van der Waals surface area contributed by atoms with E-state index in [1.807, 2.05) is 0 Å². The van der Waals surface area contributed by atoms with E-state index in [2.05, 4.69) is 30.8 Å². The minimum absolute atomic E-state index is 0.731. The molecule has 102 valence electrons. The average Bonchev–Trinajstić information content (AvgIpc) is 3.13. The predicted molar refractivity (Wildman–Crippen MR) is 67.5 cm³/mol. The first kappa shape index (κ1) is 11.4. The Morgan fingerprint density at radius 1 is 0.650 bits per heavy atom. The van der Waals surface area contributed by atoms with Crippen LogP contribution in [0.5, 0.6) is 0 Å². The van der Waals surface area contributed by atoms with Gasteiger partial charge in [-0.2, -0.15) is 10.2 Å². The van der Waals surface area contributed by atoms with Crippen molar-refractivity contribution in [2.75, 3.05) is 0 Å². The molecule has 20 heavy (non-hydrogen) atoms. The van der Waals surface area contributed by atoms with E-state index in [0.29, 0.717) is 0 Å². The van der Waals surface area contributed by atoms with Gasteiger partial charge < -0.3 is 0 Å². The zero-order valence-corrected chi connectivity index (χ0v) is 10.7. The van der Waals surface area contributed by atoms with E-state index in [0.717, 1.165) is 72.7 Å². The Morgan fingerprint density at radius 2 is 1.15 bits per heavy atom. The Labute approximate surface area is 113 Å². The molecule has 8 nitrogen and oxygen atoms in total. The predicted octanol–water partition coefficient (Wildman–Crippen LogP) is 1.32. The highest BCUT2D eigenvalue weighted by Crippen LogP contribution is 2.20. The molecule has 0 saturated heterocycles. The van der Waals surface area contributed by atoms with E-state index in [9.17, 15) is 0 Å². The highest BCUT2D eigenvalue weighted by atomic mass is 16.6. The largest absolute Gasteiger partial charge is 0.244 e. The minimum Gasteiger partial charge on any atom is -0.244 e. The maximum Gasteiger partial charge on any atom is 0.154 e. The molecular formula is C12H12N6O2. The number of hydrogen-bond acceptors (Lipinski definition) is 8. The molecule has 0 aromatic carbocycles. The molecule has 0 N–H and O–H groups in total. The number of hydrogen-bond donors (Lipinski definition) is 0. The third-order valence-corrected chi connectivity index (χ3v) is 3.61. The van der Waals surface area contributed by atoms with E-state index < -0.39 is 0 Å². The van der Waals surface area contributed by atoms with Gasteiger partial charge in [-0.25, -0.2) is 9.26 Å². The summed E-state index contributed by atoms with van der Waals surface area (Å²) in [6.45, 7) is 0. The van der Waals surface area contributed by atoms with E-state index >= 15 is 0 Å². The van der Waals surface area contributed by atoms with Crippen molar-refractivity contribution in [3.8, 4) is 0 Å². The maximum atomic E-state index is 4.77. The zero-order chi connectivity index (χ0) is 13.4. The first-order chi connectivity index (χ1) is 9.92. The van der Waals surface area contributed by atoms with Crippen LogP contribution in [0.3, 0.4) is 0 Å². The summed E-state index contributed by atoms with van der Waals surface area (Å²) in [5.74, 6) is 0. The van der Waals surface area contributed by atoms with Crippen LogP contribution in [0.25, 0.3) is 0 Å². The molecule has 2 aliphatic carbocycles. The molecule has 0 fully saturated rings. The molecular weight excluding hydrogens is 260 g/mol. The van der Waals surface area contributed by atoms with Crippen LogP contribution in [0.4, 0.5) is 0 Å². The van der Waals surface area contributed by atoms with Gasteiger partial charge in [-0.3, -0.25) is 0 Å². The number of aryl methyl sites for hydroxylation is 2. The molecule has 8 heteroatoms. The van der Waals surface area contributed by atoms with E-state index in [4.69, 9.17) is 9.26 Å². The third kappa shape index (κ3) is 1.84. The van der Waals surface area contributed by atoms with Crippen molar-refractivity contribution in [1.82, 2.24) is 20.6 Å². The summed E-state index contributed by atoms with van der Waals surface area (Å²) in [5, 5.41) is 24.2. The molecule has 2 aliphatic rings. The summed E-state index contributed by atoms with van der Waals surface area (Å²) in [6.07, 6.45) is 5.41. The molecule has 0 saturated carbocycles. The number of nitrogens with zero attached hydrogens (tertiary/aromatic N) is 6. The summed E-state index contributed by atoms with van der Waals surface area (Å²) in [7, 11) is 0. The van der Waals surface area contributed by atoms with Crippen LogP contribution in [-0.2, 0) is 12.8 Å². The second kappa shape index (κ2) is 4.62. The Hall–Kier alpha value is -2.38. The molecule has 0 radical (unpaired) electrons. The Bertz CT molecular complexity index is 638. The van der Waals surface area contributed by atoms with Crippen molar-refractivity contribution >= 4 is 11.4 Å². The normalized spacial score (nSPS) is 22.0. The lowest BCUT2D eigenvalue weighted by molar-refractivity contribution is 0.303. The van der Waals surface area contributed by atoms with E-state index in [1.165, 1.54) is 0 Å². The first-order valence-electron chi connectivity index (χ1n) is 6.69. The smallest absolute Gasteiger partial charge is 0.154 e. The van der Waals surface area contributed by atoms with Crippen LogP contribution >= 0.6 is 0 Å². The molecule has 2 aromatic heterocycles. The van der Waals surface area contributed by atoms with Crippen LogP contribution in [0.2, 0.25) is 0 Å². The van der Waals surface area contributed by atoms with Gasteiger partial charge in [-0.05, 0) is 48.8 Å². The average molecular weight is 272 g/mol. The van der Waals surface area contributed by atoms with Crippen molar-refractivity contribution < 1.29 is 9.26 Å². The molecule has 0 atom stereocenters. The van der Waals surface area contributed by atoms with Gasteiger partial charge in [0.15, 0.2) is 11.4 Å². The second-order valence-corrected chi connectivity index (χ2v) is 4.92. The van der Waals surface area contributed by atoms with Crippen LogP contribution in [0, 0.1) is 0 Å². The quantitative estimate of drug-likeness (QED) is 0.725. The van der Waals surface area contributed by atoms with Crippen LogP contribution < -0.4 is 0 Å². The van der Waals surface area contributed by atoms with Gasteiger partial charge in [0.05, 0.1) is 11.4 Å². The fraction of sp³-hybridized carbons (Fsp3) is 0.500. The summed E-state index contributed by atoms with van der Waals surface area (Å²) >= 11 is 0. The SMILES string of the molecule is C1C/C(=N\N=C2/CCCc3nonc32)c2nonc2C1. The lowest BCUT2D eigenvalue weighted by Crippen LogP contribution is -2.14. The fourth-order valence-corrected chi connectivity index (χ4v) is 2.58. The minimum atomic E-state index is 0.731. The summed E-state index contributed by atoms with van der Waals surface area (Å²) in [6, 6.07) is 0. The molecule has 2 aromatic rings. The molecule has 2 heterocycles. The van der Waals surface area contributed by atoms with Crippen molar-refractivity contribution in [1.29, 1.82) is 0 Å². The van der Waals surface area contributed by atoms with Crippen molar-refractivity contribution in [2.24, 2.45) is 10.2 Å². The lowest BCUT2D eigenvalue weighted by atomic mass is 9.99. The number of fused-ring (bicyclic) bond motifs is 2. The van der Waals surface area contributed by atoms with Crippen molar-refractivity contribution in [2.45, 2.75) is 38.5 Å². The Balaban J connectivity index is 1.69. The monoisotopic (exact) mass is 272 g/mol. The first-order valence-corrected chi connectivity index (χ1v) is 6.69. The van der Waals surface area contributed by atoms with Gasteiger partial charge in [-0.1, -0.05) is 10.3 Å². The molecule has 0 unspecified atom stereocenters. The van der Waals surface area contributed by atoms with Gasteiger partial charge in [0, 0.05) is 0 Å². The van der Waals surface area contributed by atoms with Crippen LogP contribution in [-0.4, -0.2) is 32.1 Å². The summed E-state index contributed by atoms with van der Waals surface area (Å²) < 4.78 is 9.53. The van der Waals surface area contributed by atoms with Gasteiger partial charge in [0.2, 0.25) is 0 Å². The van der Waals surface area contributed by atoms with Gasteiger partial charge in [0.1, 0.15) is 11.4 Å². The van der Waals surface area contributed by atoms with Crippen LogP contribution in [0.1, 0.15) is 48.5 Å². The molecule has 0 amide bonds. The third-order valence-electron chi connectivity index (χ3n) is 3.61. The summed E-state index contributed by atoms with van der Waals surface area (Å²) in [5.41, 5.74) is 4.84. The maximum absolute atomic E-state index is 4.77. The summed E-state index contributed by atoms with van der Waals surface area (Å²) in [4.78, 5) is 0. The molecule has 0 aliphatic heterocycles. The van der Waals surface area contributed by atoms with Gasteiger partial charge >= 0.3 is 0 Å². The Morgan fingerprint density at radius 3 is 1.65 bits per heavy atom.